The van der Waals surface area contributed by atoms with Gasteiger partial charge in [0.1, 0.15) is 0 Å². The summed E-state index contributed by atoms with van der Waals surface area (Å²) < 4.78 is 0. The first-order valence-corrected chi connectivity index (χ1v) is 11.4. The molecule has 0 saturated carbocycles. The van der Waals surface area contributed by atoms with Crippen LogP contribution in [0.15, 0.2) is 65.4 Å². The highest BCUT2D eigenvalue weighted by Crippen LogP contribution is 2.25. The van der Waals surface area contributed by atoms with Crippen molar-refractivity contribution in [1.82, 2.24) is 15.1 Å². The summed E-state index contributed by atoms with van der Waals surface area (Å²) in [5, 5.41) is 7.70. The number of thiophene rings is 2. The van der Waals surface area contributed by atoms with Gasteiger partial charge in [0.05, 0.1) is 12.6 Å². The van der Waals surface area contributed by atoms with E-state index in [2.05, 4.69) is 57.4 Å². The van der Waals surface area contributed by atoms with Crippen molar-refractivity contribution in [2.75, 3.05) is 32.7 Å². The fraction of sp³-hybridized carbons (Fsp3) is 0.318. The Morgan fingerprint density at radius 3 is 2.36 bits per heavy atom. The largest absolute Gasteiger partial charge is 0.339 e. The third-order valence-electron chi connectivity index (χ3n) is 5.10. The molecule has 1 saturated heterocycles. The Labute approximate surface area is 174 Å². The van der Waals surface area contributed by atoms with Crippen molar-refractivity contribution in [2.45, 2.75) is 12.6 Å². The van der Waals surface area contributed by atoms with E-state index in [9.17, 15) is 4.79 Å². The lowest BCUT2D eigenvalue weighted by molar-refractivity contribution is -0.132. The second-order valence-corrected chi connectivity index (χ2v) is 8.99. The maximum Gasteiger partial charge on any atom is 0.236 e. The molecule has 0 bridgehead atoms. The molecule has 1 aliphatic heterocycles. The molecule has 146 valence electrons. The van der Waals surface area contributed by atoms with Crippen LogP contribution in [0, 0.1) is 0 Å². The zero-order valence-electron chi connectivity index (χ0n) is 15.8. The fourth-order valence-electron chi connectivity index (χ4n) is 3.56. The van der Waals surface area contributed by atoms with E-state index in [4.69, 9.17) is 0 Å². The summed E-state index contributed by atoms with van der Waals surface area (Å²) in [7, 11) is 0. The standard InChI is InChI=1S/C22H25N3OS2/c26-21(25-12-10-24(11-13-25)17-19-8-4-14-27-19)16-23-22(20-9-5-15-28-20)18-6-2-1-3-7-18/h1-9,14-15,22-23H,10-13,16-17H2/t22-/m1/s1. The first-order chi connectivity index (χ1) is 13.8. The predicted octanol–water partition coefficient (Wildman–Crippen LogP) is 3.83. The molecule has 0 aliphatic carbocycles. The number of nitrogens with zero attached hydrogens (tertiary/aromatic N) is 2. The van der Waals surface area contributed by atoms with Crippen LogP contribution in [-0.4, -0.2) is 48.4 Å². The topological polar surface area (TPSA) is 35.6 Å². The predicted molar refractivity (Wildman–Crippen MR) is 117 cm³/mol. The smallest absolute Gasteiger partial charge is 0.236 e. The minimum Gasteiger partial charge on any atom is -0.339 e. The lowest BCUT2D eigenvalue weighted by Crippen LogP contribution is -2.50. The van der Waals surface area contributed by atoms with Crippen molar-refractivity contribution in [3.05, 3.63) is 80.7 Å². The molecule has 1 aromatic carbocycles. The van der Waals surface area contributed by atoms with Gasteiger partial charge in [-0.3, -0.25) is 15.0 Å². The molecule has 4 nitrogen and oxygen atoms in total. The second-order valence-electron chi connectivity index (χ2n) is 6.98. The molecule has 1 amide bonds. The number of rotatable bonds is 7. The Hall–Kier alpha value is -1.99. The van der Waals surface area contributed by atoms with Gasteiger partial charge in [0.25, 0.3) is 0 Å². The van der Waals surface area contributed by atoms with E-state index in [1.807, 2.05) is 23.1 Å². The average molecular weight is 412 g/mol. The Morgan fingerprint density at radius 2 is 1.68 bits per heavy atom. The molecule has 2 aromatic heterocycles. The molecule has 1 atom stereocenters. The number of hydrogen-bond acceptors (Lipinski definition) is 5. The summed E-state index contributed by atoms with van der Waals surface area (Å²) in [6.07, 6.45) is 0. The second kappa shape index (κ2) is 9.47. The molecular weight excluding hydrogens is 386 g/mol. The summed E-state index contributed by atoms with van der Waals surface area (Å²) in [6.45, 7) is 4.85. The number of carbonyl (C=O) groups is 1. The Balaban J connectivity index is 1.31. The van der Waals surface area contributed by atoms with Gasteiger partial charge in [0.15, 0.2) is 0 Å². The number of nitrogens with one attached hydrogen (secondary N) is 1. The van der Waals surface area contributed by atoms with Crippen molar-refractivity contribution in [3.63, 3.8) is 0 Å². The molecule has 0 radical (unpaired) electrons. The Morgan fingerprint density at radius 1 is 0.929 bits per heavy atom. The number of benzene rings is 1. The molecule has 1 fully saturated rings. The van der Waals surface area contributed by atoms with Gasteiger partial charge in [-0.05, 0) is 28.5 Å². The highest BCUT2D eigenvalue weighted by Gasteiger charge is 2.23. The highest BCUT2D eigenvalue weighted by atomic mass is 32.1. The third kappa shape index (κ3) is 4.89. The SMILES string of the molecule is O=C(CN[C@H](c1ccccc1)c1cccs1)N1CCN(Cc2cccs2)CC1. The van der Waals surface area contributed by atoms with Crippen LogP contribution < -0.4 is 5.32 Å². The third-order valence-corrected chi connectivity index (χ3v) is 6.90. The quantitative estimate of drug-likeness (QED) is 0.642. The maximum absolute atomic E-state index is 12.8. The van der Waals surface area contributed by atoms with Gasteiger partial charge in [-0.2, -0.15) is 0 Å². The first kappa shape index (κ1) is 19.3. The van der Waals surface area contributed by atoms with E-state index in [0.29, 0.717) is 6.54 Å². The molecular formula is C22H25N3OS2. The van der Waals surface area contributed by atoms with Gasteiger partial charge in [-0.25, -0.2) is 0 Å². The monoisotopic (exact) mass is 411 g/mol. The minimum atomic E-state index is 0.0604. The molecule has 0 unspecified atom stereocenters. The maximum atomic E-state index is 12.8. The summed E-state index contributed by atoms with van der Waals surface area (Å²) >= 11 is 3.52. The van der Waals surface area contributed by atoms with E-state index < -0.39 is 0 Å². The van der Waals surface area contributed by atoms with Crippen molar-refractivity contribution in [2.24, 2.45) is 0 Å². The van der Waals surface area contributed by atoms with Gasteiger partial charge < -0.3 is 4.90 Å². The van der Waals surface area contributed by atoms with Gasteiger partial charge in [-0.1, -0.05) is 42.5 Å². The van der Waals surface area contributed by atoms with Crippen LogP contribution in [0.3, 0.4) is 0 Å². The van der Waals surface area contributed by atoms with Gasteiger partial charge >= 0.3 is 0 Å². The van der Waals surface area contributed by atoms with Crippen LogP contribution in [0.2, 0.25) is 0 Å². The van der Waals surface area contributed by atoms with Crippen LogP contribution in [0.4, 0.5) is 0 Å². The molecule has 28 heavy (non-hydrogen) atoms. The molecule has 0 spiro atoms. The number of carbonyl (C=O) groups excluding carboxylic acids is 1. The van der Waals surface area contributed by atoms with E-state index in [0.717, 1.165) is 32.7 Å². The van der Waals surface area contributed by atoms with Crippen molar-refractivity contribution in [3.8, 4) is 0 Å². The lowest BCUT2D eigenvalue weighted by Gasteiger charge is -2.34. The van der Waals surface area contributed by atoms with Crippen molar-refractivity contribution in [1.29, 1.82) is 0 Å². The van der Waals surface area contributed by atoms with E-state index in [1.54, 1.807) is 22.7 Å². The molecule has 1 aliphatic rings. The number of piperazine rings is 1. The van der Waals surface area contributed by atoms with Gasteiger partial charge in [0.2, 0.25) is 5.91 Å². The number of amides is 1. The van der Waals surface area contributed by atoms with Crippen LogP contribution in [0.25, 0.3) is 0 Å². The molecule has 3 heterocycles. The molecule has 1 N–H and O–H groups in total. The zero-order valence-corrected chi connectivity index (χ0v) is 17.4. The normalized spacial score (nSPS) is 16.2. The highest BCUT2D eigenvalue weighted by molar-refractivity contribution is 7.10. The Bertz CT molecular complexity index is 841. The minimum absolute atomic E-state index is 0.0604. The van der Waals surface area contributed by atoms with Crippen molar-refractivity contribution >= 4 is 28.6 Å². The number of hydrogen-bond donors (Lipinski definition) is 1. The van der Waals surface area contributed by atoms with Crippen LogP contribution in [-0.2, 0) is 11.3 Å². The van der Waals surface area contributed by atoms with E-state index >= 15 is 0 Å². The molecule has 6 heteroatoms. The summed E-state index contributed by atoms with van der Waals surface area (Å²) in [5.41, 5.74) is 1.19. The van der Waals surface area contributed by atoms with Crippen molar-refractivity contribution < 1.29 is 4.79 Å². The van der Waals surface area contributed by atoms with E-state index in [1.165, 1.54) is 15.3 Å². The first-order valence-electron chi connectivity index (χ1n) is 9.64. The van der Waals surface area contributed by atoms with Gasteiger partial charge in [0, 0.05) is 42.5 Å². The van der Waals surface area contributed by atoms with Crippen LogP contribution in [0.5, 0.6) is 0 Å². The van der Waals surface area contributed by atoms with Gasteiger partial charge in [-0.15, -0.1) is 22.7 Å². The van der Waals surface area contributed by atoms with Crippen LogP contribution in [0.1, 0.15) is 21.4 Å². The molecule has 3 aromatic rings. The summed E-state index contributed by atoms with van der Waals surface area (Å²) in [4.78, 5) is 19.8. The van der Waals surface area contributed by atoms with Crippen LogP contribution >= 0.6 is 22.7 Å². The van der Waals surface area contributed by atoms with E-state index in [-0.39, 0.29) is 11.9 Å². The molecule has 4 rings (SSSR count). The Kier molecular flexibility index (Phi) is 6.54. The fourth-order valence-corrected chi connectivity index (χ4v) is 5.14. The summed E-state index contributed by atoms with van der Waals surface area (Å²) in [5.74, 6) is 0.188. The lowest BCUT2D eigenvalue weighted by atomic mass is 10.1. The zero-order chi connectivity index (χ0) is 19.2. The average Bonchev–Trinajstić information content (AvgIpc) is 3.44. The summed E-state index contributed by atoms with van der Waals surface area (Å²) in [6, 6.07) is 18.9.